The maximum atomic E-state index is 14.0. The summed E-state index contributed by atoms with van der Waals surface area (Å²) in [6, 6.07) is 17.5. The number of ether oxygens (including phenoxy) is 3. The van der Waals surface area contributed by atoms with Crippen molar-refractivity contribution in [2.24, 2.45) is 4.99 Å². The molecule has 0 amide bonds. The van der Waals surface area contributed by atoms with E-state index in [4.69, 9.17) is 14.2 Å². The number of aromatic nitrogens is 1. The molecular weight excluding hydrogens is 516 g/mol. The molecule has 39 heavy (non-hydrogen) atoms. The predicted molar refractivity (Wildman–Crippen MR) is 149 cm³/mol. The molecule has 8 nitrogen and oxygen atoms in total. The van der Waals surface area contributed by atoms with Gasteiger partial charge in [0.25, 0.3) is 5.56 Å². The number of hydrogen-bond acceptors (Lipinski definition) is 8. The summed E-state index contributed by atoms with van der Waals surface area (Å²) in [6.45, 7) is 3.67. The van der Waals surface area contributed by atoms with E-state index in [1.54, 1.807) is 55.9 Å². The van der Waals surface area contributed by atoms with Crippen LogP contribution in [0.2, 0.25) is 0 Å². The van der Waals surface area contributed by atoms with Crippen molar-refractivity contribution in [2.75, 3.05) is 20.8 Å². The maximum Gasteiger partial charge on any atom is 0.338 e. The van der Waals surface area contributed by atoms with Gasteiger partial charge in [-0.3, -0.25) is 9.36 Å². The highest BCUT2D eigenvalue weighted by Gasteiger charge is 2.36. The Labute approximate surface area is 228 Å². The lowest BCUT2D eigenvalue weighted by atomic mass is 9.90. The molecule has 9 heteroatoms. The first-order chi connectivity index (χ1) is 18.9. The molecule has 4 aromatic rings. The highest BCUT2D eigenvalue weighted by molar-refractivity contribution is 7.07. The lowest BCUT2D eigenvalue weighted by Gasteiger charge is -2.27. The van der Waals surface area contributed by atoms with E-state index in [-0.39, 0.29) is 17.7 Å². The molecule has 0 radical (unpaired) electrons. The zero-order chi connectivity index (χ0) is 27.7. The molecule has 0 saturated carbocycles. The molecule has 0 N–H and O–H groups in total. The van der Waals surface area contributed by atoms with Gasteiger partial charge in [-0.2, -0.15) is 0 Å². The minimum atomic E-state index is -0.815. The predicted octanol–water partition coefficient (Wildman–Crippen LogP) is 3.75. The summed E-state index contributed by atoms with van der Waals surface area (Å²) in [5.74, 6) is -0.429. The van der Waals surface area contributed by atoms with Crippen LogP contribution >= 0.6 is 11.3 Å². The van der Waals surface area contributed by atoms with E-state index >= 15 is 0 Å². The number of benzene rings is 3. The van der Waals surface area contributed by atoms with Crippen LogP contribution in [0.5, 0.6) is 5.75 Å². The van der Waals surface area contributed by atoms with Crippen molar-refractivity contribution in [1.29, 1.82) is 0 Å². The monoisotopic (exact) mass is 542 g/mol. The van der Waals surface area contributed by atoms with Crippen LogP contribution in [-0.2, 0) is 14.3 Å². The zero-order valence-corrected chi connectivity index (χ0v) is 22.7. The molecule has 5 rings (SSSR count). The number of thiazole rings is 1. The third-order valence-electron chi connectivity index (χ3n) is 6.57. The number of rotatable bonds is 6. The second-order valence-corrected chi connectivity index (χ2v) is 9.83. The lowest BCUT2D eigenvalue weighted by molar-refractivity contribution is -0.139. The summed E-state index contributed by atoms with van der Waals surface area (Å²) in [5, 5.41) is 1.80. The van der Waals surface area contributed by atoms with Crippen molar-refractivity contribution in [2.45, 2.75) is 19.9 Å². The first-order valence-corrected chi connectivity index (χ1v) is 13.1. The quantitative estimate of drug-likeness (QED) is 0.345. The van der Waals surface area contributed by atoms with Gasteiger partial charge in [-0.1, -0.05) is 53.8 Å². The van der Waals surface area contributed by atoms with Gasteiger partial charge < -0.3 is 14.2 Å². The third-order valence-corrected chi connectivity index (χ3v) is 7.55. The molecule has 1 aromatic heterocycles. The average molecular weight is 543 g/mol. The first kappa shape index (κ1) is 26.1. The molecule has 0 saturated heterocycles. The van der Waals surface area contributed by atoms with Gasteiger partial charge in [0.2, 0.25) is 0 Å². The Kier molecular flexibility index (Phi) is 7.17. The molecule has 0 fully saturated rings. The van der Waals surface area contributed by atoms with E-state index in [1.807, 2.05) is 36.4 Å². The van der Waals surface area contributed by atoms with Crippen molar-refractivity contribution in [3.8, 4) is 5.75 Å². The third kappa shape index (κ3) is 4.66. The van der Waals surface area contributed by atoms with Crippen molar-refractivity contribution in [1.82, 2.24) is 4.57 Å². The molecule has 198 valence electrons. The van der Waals surface area contributed by atoms with E-state index in [1.165, 1.54) is 18.4 Å². The van der Waals surface area contributed by atoms with Crippen molar-refractivity contribution < 1.29 is 23.8 Å². The van der Waals surface area contributed by atoms with Crippen LogP contribution in [0.4, 0.5) is 0 Å². The Morgan fingerprint density at radius 1 is 1.03 bits per heavy atom. The average Bonchev–Trinajstić information content (AvgIpc) is 3.25. The van der Waals surface area contributed by atoms with E-state index in [2.05, 4.69) is 4.99 Å². The highest BCUT2D eigenvalue weighted by atomic mass is 32.1. The molecule has 1 unspecified atom stereocenters. The van der Waals surface area contributed by atoms with Crippen LogP contribution in [-0.4, -0.2) is 37.3 Å². The van der Waals surface area contributed by atoms with Gasteiger partial charge in [0, 0.05) is 5.56 Å². The lowest BCUT2D eigenvalue weighted by Crippen LogP contribution is -2.40. The zero-order valence-electron chi connectivity index (χ0n) is 21.9. The van der Waals surface area contributed by atoms with Crippen LogP contribution in [0.25, 0.3) is 16.8 Å². The Bertz CT molecular complexity index is 1810. The summed E-state index contributed by atoms with van der Waals surface area (Å²) in [6.07, 6.45) is 1.74. The van der Waals surface area contributed by atoms with Crippen molar-refractivity contribution in [3.05, 3.63) is 108 Å². The molecule has 0 spiro atoms. The fourth-order valence-corrected chi connectivity index (χ4v) is 5.83. The van der Waals surface area contributed by atoms with Crippen LogP contribution in [0.1, 0.15) is 41.4 Å². The smallest absolute Gasteiger partial charge is 0.338 e. The standard InChI is InChI=1S/C30H26N2O6S/c1-5-38-29(35)24-17(2)31-30-32(26(24)25-21-9-7-6-8-19(21)14-15-22(25)36-3)27(33)23(39-30)16-18-10-12-20(13-11-18)28(34)37-4/h6-16,26H,5H2,1-4H3. The number of fused-ring (bicyclic) bond motifs is 2. The highest BCUT2D eigenvalue weighted by Crippen LogP contribution is 2.40. The second kappa shape index (κ2) is 10.7. The van der Waals surface area contributed by atoms with E-state index in [0.717, 1.165) is 16.3 Å². The van der Waals surface area contributed by atoms with Crippen LogP contribution < -0.4 is 19.6 Å². The number of allylic oxidation sites excluding steroid dienone is 1. The largest absolute Gasteiger partial charge is 0.496 e. The van der Waals surface area contributed by atoms with Gasteiger partial charge in [-0.25, -0.2) is 14.6 Å². The summed E-state index contributed by atoms with van der Waals surface area (Å²) in [5.41, 5.74) is 2.28. The minimum absolute atomic E-state index is 0.182. The molecule has 0 aliphatic carbocycles. The van der Waals surface area contributed by atoms with Gasteiger partial charge in [-0.15, -0.1) is 0 Å². The number of hydrogen-bond donors (Lipinski definition) is 0. The number of carbonyl (C=O) groups is 2. The van der Waals surface area contributed by atoms with Gasteiger partial charge in [-0.05, 0) is 54.5 Å². The molecule has 0 bridgehead atoms. The van der Waals surface area contributed by atoms with Gasteiger partial charge >= 0.3 is 11.9 Å². The number of nitrogens with zero attached hydrogens (tertiary/aromatic N) is 2. The topological polar surface area (TPSA) is 96.2 Å². The first-order valence-electron chi connectivity index (χ1n) is 12.3. The molecular formula is C30H26N2O6S. The molecule has 1 atom stereocenters. The van der Waals surface area contributed by atoms with Crippen molar-refractivity contribution >= 4 is 40.1 Å². The Morgan fingerprint density at radius 3 is 2.46 bits per heavy atom. The number of esters is 2. The summed E-state index contributed by atoms with van der Waals surface area (Å²) in [7, 11) is 2.89. The van der Waals surface area contributed by atoms with E-state index < -0.39 is 18.0 Å². The van der Waals surface area contributed by atoms with Gasteiger partial charge in [0.1, 0.15) is 11.8 Å². The SMILES string of the molecule is CCOC(=O)C1=C(C)N=c2sc(=Cc3ccc(C(=O)OC)cc3)c(=O)n2C1c1c(OC)ccc2ccccc12. The molecule has 3 aromatic carbocycles. The van der Waals surface area contributed by atoms with Gasteiger partial charge in [0.05, 0.1) is 42.2 Å². The Balaban J connectivity index is 1.77. The minimum Gasteiger partial charge on any atom is -0.496 e. The second-order valence-electron chi connectivity index (χ2n) is 8.82. The van der Waals surface area contributed by atoms with Crippen LogP contribution in [0, 0.1) is 0 Å². The fourth-order valence-electron chi connectivity index (χ4n) is 4.78. The van der Waals surface area contributed by atoms with Crippen molar-refractivity contribution in [3.63, 3.8) is 0 Å². The Hall–Kier alpha value is -4.50. The van der Waals surface area contributed by atoms with Crippen LogP contribution in [0.3, 0.4) is 0 Å². The number of carbonyl (C=O) groups excluding carboxylic acids is 2. The Morgan fingerprint density at radius 2 is 1.77 bits per heavy atom. The molecule has 2 heterocycles. The maximum absolute atomic E-state index is 14.0. The van der Waals surface area contributed by atoms with Crippen LogP contribution in [0.15, 0.2) is 81.7 Å². The fraction of sp³-hybridized carbons (Fsp3) is 0.200. The number of methoxy groups -OCH3 is 2. The summed E-state index contributed by atoms with van der Waals surface area (Å²) >= 11 is 1.23. The molecule has 1 aliphatic rings. The summed E-state index contributed by atoms with van der Waals surface area (Å²) < 4.78 is 17.9. The van der Waals surface area contributed by atoms with E-state index in [0.29, 0.717) is 31.9 Å². The molecule has 1 aliphatic heterocycles. The van der Waals surface area contributed by atoms with Gasteiger partial charge in [0.15, 0.2) is 4.80 Å². The summed E-state index contributed by atoms with van der Waals surface area (Å²) in [4.78, 5) is 44.2. The van der Waals surface area contributed by atoms with E-state index in [9.17, 15) is 14.4 Å². The normalized spacial score (nSPS) is 15.1.